The van der Waals surface area contributed by atoms with Crippen molar-refractivity contribution in [3.63, 3.8) is 0 Å². The number of amides is 8. The highest BCUT2D eigenvalue weighted by Crippen LogP contribution is 2.22. The highest BCUT2D eigenvalue weighted by molar-refractivity contribution is 5.95. The van der Waals surface area contributed by atoms with Crippen LogP contribution in [0.2, 0.25) is 0 Å². The Hall–Kier alpha value is -10.8. The van der Waals surface area contributed by atoms with Crippen molar-refractivity contribution >= 4 is 104 Å². The van der Waals surface area contributed by atoms with E-state index in [9.17, 15) is 43.2 Å². The SMILES string of the molecule is CC(=O)NC(Cc1c[nH]c2ccccc12)C(=O)NC(CCCN=C(N)N)C(=O)NN.CC(=O)NC(Cc1c[nH]c2ccccc12)C(=O)NC(CCCN=C(N)N)C(=O)NN.COC(=O)C(CCCN=C(N)N)NC(=O)C(Cc1c[nH]c2ccccc12)NC(C)=O. The number of H-pyrrole nitrogens is 3. The molecule has 3 aromatic heterocycles. The number of hydrogen-bond acceptors (Lipinski definition) is 15. The van der Waals surface area contributed by atoms with Crippen LogP contribution in [0, 0.1) is 0 Å². The zero-order valence-electron chi connectivity index (χ0n) is 50.7. The molecule has 6 unspecified atom stereocenters. The van der Waals surface area contributed by atoms with Gasteiger partial charge in [-0.1, -0.05) is 54.6 Å². The molecule has 0 saturated heterocycles. The number of hydrazine groups is 2. The number of guanidine groups is 3. The number of hydrogen-bond donors (Lipinski definition) is 19. The molecule has 32 heteroatoms. The molecule has 0 saturated carbocycles. The van der Waals surface area contributed by atoms with E-state index in [1.165, 1.54) is 27.9 Å². The normalized spacial score (nSPS) is 12.6. The maximum atomic E-state index is 12.9. The first-order valence-electron chi connectivity index (χ1n) is 28.6. The van der Waals surface area contributed by atoms with Crippen LogP contribution in [-0.4, -0.2) is 149 Å². The number of ether oxygens (including phenoxy) is 1. The van der Waals surface area contributed by atoms with Crippen LogP contribution in [0.15, 0.2) is 106 Å². The van der Waals surface area contributed by atoms with Crippen molar-refractivity contribution in [3.8, 4) is 0 Å². The van der Waals surface area contributed by atoms with Crippen LogP contribution in [0.4, 0.5) is 0 Å². The fourth-order valence-electron chi connectivity index (χ4n) is 9.38. The van der Waals surface area contributed by atoms with Gasteiger partial charge in [-0.15, -0.1) is 0 Å². The Kier molecular flexibility index (Phi) is 29.5. The minimum Gasteiger partial charge on any atom is -0.467 e. The van der Waals surface area contributed by atoms with Gasteiger partial charge in [0.2, 0.25) is 35.4 Å². The molecule has 3 aromatic carbocycles. The van der Waals surface area contributed by atoms with Crippen LogP contribution in [0.1, 0.15) is 76.0 Å². The van der Waals surface area contributed by atoms with E-state index in [-0.39, 0.29) is 74.1 Å². The Bertz CT molecular complexity index is 3110. The summed E-state index contributed by atoms with van der Waals surface area (Å²) in [5.74, 6) is 6.10. The lowest BCUT2D eigenvalue weighted by atomic mass is 10.0. The molecule has 0 radical (unpaired) electrons. The summed E-state index contributed by atoms with van der Waals surface area (Å²) >= 11 is 0. The molecule has 0 aliphatic rings. The first-order chi connectivity index (χ1) is 42.9. The van der Waals surface area contributed by atoms with Gasteiger partial charge < -0.3 is 86.0 Å². The number of carbonyl (C=O) groups excluding carboxylic acids is 9. The molecule has 0 aliphatic carbocycles. The number of aromatic nitrogens is 3. The lowest BCUT2D eigenvalue weighted by molar-refractivity contribution is -0.145. The third kappa shape index (κ3) is 24.2. The van der Waals surface area contributed by atoms with Crippen molar-refractivity contribution < 1.29 is 47.9 Å². The van der Waals surface area contributed by atoms with Gasteiger partial charge >= 0.3 is 5.97 Å². The predicted molar refractivity (Wildman–Crippen MR) is 341 cm³/mol. The standard InChI is InChI=1S/C20H28N6O4.2C19H28N8O3/c1-12(27)25-17(10-13-11-24-15-7-4-3-6-14(13)15)18(28)26-16(19(29)30-2)8-5-9-23-20(21)22;2*1-11(28)25-16(9-12-10-24-14-6-3-2-5-13(12)14)17(29)26-15(18(30)27-22)7-4-8-23-19(20)21/h3-4,6-7,11,16-17,24H,5,8-10H2,1-2H3,(H,25,27)(H,26,28)(H4,21,22,23);2*2-3,5-6,10,15-16,24H,4,7-9,22H2,1H3,(H,25,28)(H,26,29)(H,27,30)(H4,20,21,23). The summed E-state index contributed by atoms with van der Waals surface area (Å²) in [5.41, 5.74) is 41.2. The van der Waals surface area contributed by atoms with Crippen molar-refractivity contribution in [1.82, 2.24) is 57.7 Å². The Balaban J connectivity index is 0.000000288. The van der Waals surface area contributed by atoms with E-state index in [0.29, 0.717) is 38.9 Å². The number of aromatic amines is 3. The lowest BCUT2D eigenvalue weighted by Gasteiger charge is -2.22. The molecule has 6 atom stereocenters. The molecular formula is C58H84N22O10. The largest absolute Gasteiger partial charge is 0.467 e. The number of nitrogens with two attached hydrogens (primary N) is 8. The van der Waals surface area contributed by atoms with Gasteiger partial charge in [0.1, 0.15) is 36.3 Å². The second-order valence-electron chi connectivity index (χ2n) is 20.5. The summed E-state index contributed by atoms with van der Waals surface area (Å²) in [7, 11) is 1.24. The Morgan fingerprint density at radius 2 is 0.689 bits per heavy atom. The average molecular weight is 1250 g/mol. The number of rotatable bonds is 30. The number of nitrogens with one attached hydrogen (secondary N) is 11. The topological polar surface area (TPSA) is 552 Å². The van der Waals surface area contributed by atoms with Gasteiger partial charge in [0.15, 0.2) is 17.9 Å². The molecule has 0 aliphatic heterocycles. The van der Waals surface area contributed by atoms with Crippen LogP contribution in [0.25, 0.3) is 32.7 Å². The molecule has 0 bridgehead atoms. The summed E-state index contributed by atoms with van der Waals surface area (Å²) < 4.78 is 4.78. The third-order valence-electron chi connectivity index (χ3n) is 13.6. The van der Waals surface area contributed by atoms with Crippen molar-refractivity contribution in [2.75, 3.05) is 26.7 Å². The Morgan fingerprint density at radius 3 is 0.956 bits per heavy atom. The summed E-state index contributed by atoms with van der Waals surface area (Å²) in [4.78, 5) is 131. The van der Waals surface area contributed by atoms with Crippen LogP contribution < -0.4 is 88.8 Å². The van der Waals surface area contributed by atoms with E-state index < -0.39 is 71.8 Å². The number of esters is 1. The quantitative estimate of drug-likeness (QED) is 0.00419. The fourth-order valence-corrected chi connectivity index (χ4v) is 9.38. The number of carbonyl (C=O) groups is 9. The summed E-state index contributed by atoms with van der Waals surface area (Å²) in [5, 5.41) is 18.8. The van der Waals surface area contributed by atoms with Crippen molar-refractivity contribution in [2.45, 2.75) is 115 Å². The maximum Gasteiger partial charge on any atom is 0.328 e. The molecule has 27 N–H and O–H groups in total. The smallest absolute Gasteiger partial charge is 0.328 e. The predicted octanol–water partition coefficient (Wildman–Crippen LogP) is -2.59. The monoisotopic (exact) mass is 1250 g/mol. The second-order valence-corrected chi connectivity index (χ2v) is 20.5. The maximum absolute atomic E-state index is 12.9. The molecule has 0 fully saturated rings. The molecule has 90 heavy (non-hydrogen) atoms. The number of fused-ring (bicyclic) bond motifs is 3. The van der Waals surface area contributed by atoms with E-state index in [2.05, 4.69) is 61.8 Å². The van der Waals surface area contributed by atoms with Gasteiger partial charge in [0, 0.05) is 111 Å². The summed E-state index contributed by atoms with van der Waals surface area (Å²) in [6.07, 6.45) is 8.35. The highest BCUT2D eigenvalue weighted by Gasteiger charge is 2.30. The zero-order valence-corrected chi connectivity index (χ0v) is 50.7. The molecule has 486 valence electrons. The van der Waals surface area contributed by atoms with Crippen LogP contribution >= 0.6 is 0 Å². The van der Waals surface area contributed by atoms with Gasteiger partial charge in [-0.3, -0.25) is 64.2 Å². The molecular weight excluding hydrogens is 1160 g/mol. The van der Waals surface area contributed by atoms with E-state index in [1.807, 2.05) is 83.6 Å². The number of benzene rings is 3. The minimum atomic E-state index is -0.893. The van der Waals surface area contributed by atoms with Gasteiger partial charge in [-0.25, -0.2) is 16.5 Å². The zero-order chi connectivity index (χ0) is 66.3. The number of aliphatic imine (C=N–C) groups is 3. The van der Waals surface area contributed by atoms with Crippen LogP contribution in [-0.2, 0) is 67.2 Å². The second kappa shape index (κ2) is 37.1. The average Bonchev–Trinajstić information content (AvgIpc) is 2.03. The Labute approximate surface area is 518 Å². The number of methoxy groups -OCH3 is 1. The number of para-hydroxylation sites is 3. The molecule has 0 spiro atoms. The van der Waals surface area contributed by atoms with Gasteiger partial charge in [-0.2, -0.15) is 0 Å². The summed E-state index contributed by atoms with van der Waals surface area (Å²) in [6.45, 7) is 4.91. The first-order valence-corrected chi connectivity index (χ1v) is 28.6. The molecule has 3 heterocycles. The number of nitrogens with zero attached hydrogens (tertiary/aromatic N) is 3. The van der Waals surface area contributed by atoms with E-state index in [4.69, 9.17) is 50.8 Å². The van der Waals surface area contributed by atoms with E-state index in [1.54, 1.807) is 18.6 Å². The van der Waals surface area contributed by atoms with Gasteiger partial charge in [0.05, 0.1) is 7.11 Å². The molecule has 6 rings (SSSR count). The van der Waals surface area contributed by atoms with E-state index in [0.717, 1.165) is 49.4 Å². The lowest BCUT2D eigenvalue weighted by Crippen LogP contribution is -2.55. The van der Waals surface area contributed by atoms with Crippen LogP contribution in [0.5, 0.6) is 0 Å². The van der Waals surface area contributed by atoms with Crippen molar-refractivity contribution in [2.24, 2.45) is 61.1 Å². The van der Waals surface area contributed by atoms with E-state index >= 15 is 0 Å². The van der Waals surface area contributed by atoms with Gasteiger partial charge in [-0.05, 0) is 73.4 Å². The van der Waals surface area contributed by atoms with Crippen LogP contribution in [0.3, 0.4) is 0 Å². The highest BCUT2D eigenvalue weighted by atomic mass is 16.5. The fraction of sp³-hybridized carbons (Fsp3) is 0.379. The molecule has 6 aromatic rings. The Morgan fingerprint density at radius 1 is 0.411 bits per heavy atom. The van der Waals surface area contributed by atoms with Crippen molar-refractivity contribution in [1.29, 1.82) is 0 Å². The first kappa shape index (κ1) is 71.7. The van der Waals surface area contributed by atoms with Gasteiger partial charge in [0.25, 0.3) is 11.8 Å². The third-order valence-corrected chi connectivity index (χ3v) is 13.6. The minimum absolute atomic E-state index is 0.0434. The van der Waals surface area contributed by atoms with Crippen molar-refractivity contribution in [3.05, 3.63) is 108 Å². The molecule has 8 amide bonds. The summed E-state index contributed by atoms with van der Waals surface area (Å²) in [6, 6.07) is 17.7. The molecule has 32 nitrogen and oxygen atoms in total.